The van der Waals surface area contributed by atoms with Crippen LogP contribution in [0.4, 0.5) is 13.2 Å². The summed E-state index contributed by atoms with van der Waals surface area (Å²) >= 11 is 0. The molecular weight excluding hydrogens is 293 g/mol. The van der Waals surface area contributed by atoms with Gasteiger partial charge in [-0.3, -0.25) is 0 Å². The van der Waals surface area contributed by atoms with Gasteiger partial charge in [0.2, 0.25) is 10.0 Å². The third-order valence-corrected chi connectivity index (χ3v) is 5.44. The maximum atomic E-state index is 12.3. The van der Waals surface area contributed by atoms with Gasteiger partial charge in [-0.1, -0.05) is 6.92 Å². The molecule has 8 heteroatoms. The molecule has 1 aliphatic heterocycles. The predicted molar refractivity (Wildman–Crippen MR) is 68.7 cm³/mol. The Labute approximate surface area is 116 Å². The molecule has 114 valence electrons. The number of piperidine rings is 1. The van der Waals surface area contributed by atoms with Crippen molar-refractivity contribution in [3.63, 3.8) is 0 Å². The second-order valence-corrected chi connectivity index (χ2v) is 7.16. The van der Waals surface area contributed by atoms with Gasteiger partial charge in [0.15, 0.2) is 5.75 Å². The fourth-order valence-corrected chi connectivity index (χ4v) is 3.89. The zero-order valence-electron chi connectivity index (χ0n) is 11.0. The maximum Gasteiger partial charge on any atom is 0.404 e. The number of halogens is 3. The number of aromatic nitrogens is 1. The standard InChI is InChI=1S/C12H17F3N2O2S/c1-10-4-7-17(20(18,19)9-12(13,14)15)8-11(10)16-5-2-3-6-16/h2-3,5-6,10-11H,4,7-9H2,1H3/t10-,11+/m1/s1. The molecule has 4 nitrogen and oxygen atoms in total. The monoisotopic (exact) mass is 310 g/mol. The molecule has 0 radical (unpaired) electrons. The fourth-order valence-electron chi connectivity index (χ4n) is 2.53. The Morgan fingerprint density at radius 2 is 1.85 bits per heavy atom. The molecule has 2 atom stereocenters. The molecule has 2 rings (SSSR count). The number of alkyl halides is 3. The van der Waals surface area contributed by atoms with Crippen LogP contribution in [0.3, 0.4) is 0 Å². The molecule has 0 saturated carbocycles. The van der Waals surface area contributed by atoms with Crippen LogP contribution >= 0.6 is 0 Å². The molecule has 1 aliphatic rings. The highest BCUT2D eigenvalue weighted by atomic mass is 32.2. The Morgan fingerprint density at radius 1 is 1.25 bits per heavy atom. The lowest BCUT2D eigenvalue weighted by Gasteiger charge is -2.37. The van der Waals surface area contributed by atoms with Crippen LogP contribution in [0.15, 0.2) is 24.5 Å². The van der Waals surface area contributed by atoms with Gasteiger partial charge in [0.05, 0.1) is 0 Å². The van der Waals surface area contributed by atoms with Gasteiger partial charge >= 0.3 is 6.18 Å². The summed E-state index contributed by atoms with van der Waals surface area (Å²) in [5.74, 6) is -1.56. The summed E-state index contributed by atoms with van der Waals surface area (Å²) in [6.07, 6.45) is -0.535. The molecule has 1 aromatic rings. The highest BCUT2D eigenvalue weighted by Gasteiger charge is 2.41. The molecule has 1 saturated heterocycles. The second kappa shape index (κ2) is 5.40. The van der Waals surface area contributed by atoms with Gasteiger partial charge in [0, 0.05) is 31.5 Å². The quantitative estimate of drug-likeness (QED) is 0.859. The van der Waals surface area contributed by atoms with Crippen molar-refractivity contribution in [1.29, 1.82) is 0 Å². The minimum absolute atomic E-state index is 0.0915. The molecule has 1 fully saturated rings. The van der Waals surface area contributed by atoms with Crippen molar-refractivity contribution in [1.82, 2.24) is 8.87 Å². The second-order valence-electron chi connectivity index (χ2n) is 5.19. The number of hydrogen-bond donors (Lipinski definition) is 0. The molecule has 0 unspecified atom stereocenters. The normalized spacial score (nSPS) is 25.8. The van der Waals surface area contributed by atoms with Gasteiger partial charge in [0.1, 0.15) is 0 Å². The van der Waals surface area contributed by atoms with Gasteiger partial charge < -0.3 is 4.57 Å². The highest BCUT2D eigenvalue weighted by molar-refractivity contribution is 7.89. The first kappa shape index (κ1) is 15.4. The van der Waals surface area contributed by atoms with Crippen molar-refractivity contribution in [3.8, 4) is 0 Å². The SMILES string of the molecule is C[C@@H]1CCN(S(=O)(=O)CC(F)(F)F)C[C@@H]1n1cccc1. The van der Waals surface area contributed by atoms with Crippen molar-refractivity contribution in [2.45, 2.75) is 25.6 Å². The Hall–Kier alpha value is -1.02. The van der Waals surface area contributed by atoms with E-state index in [1.54, 1.807) is 12.4 Å². The summed E-state index contributed by atoms with van der Waals surface area (Å²) in [7, 11) is -4.29. The van der Waals surface area contributed by atoms with E-state index in [-0.39, 0.29) is 25.0 Å². The lowest BCUT2D eigenvalue weighted by Crippen LogP contribution is -2.46. The minimum atomic E-state index is -4.70. The van der Waals surface area contributed by atoms with Crippen LogP contribution in [0.1, 0.15) is 19.4 Å². The van der Waals surface area contributed by atoms with E-state index in [4.69, 9.17) is 0 Å². The number of hydrogen-bond acceptors (Lipinski definition) is 2. The van der Waals surface area contributed by atoms with Crippen LogP contribution in [0.5, 0.6) is 0 Å². The third-order valence-electron chi connectivity index (χ3n) is 3.63. The summed E-state index contributed by atoms with van der Waals surface area (Å²) in [6, 6.07) is 3.51. The first-order chi connectivity index (χ1) is 9.19. The van der Waals surface area contributed by atoms with Crippen molar-refractivity contribution in [3.05, 3.63) is 24.5 Å². The van der Waals surface area contributed by atoms with E-state index >= 15 is 0 Å². The number of nitrogens with zero attached hydrogens (tertiary/aromatic N) is 2. The molecule has 0 amide bonds. The molecule has 0 aliphatic carbocycles. The van der Waals surface area contributed by atoms with Crippen LogP contribution in [-0.2, 0) is 10.0 Å². The highest BCUT2D eigenvalue weighted by Crippen LogP contribution is 2.30. The van der Waals surface area contributed by atoms with Crippen molar-refractivity contribution in [2.75, 3.05) is 18.8 Å². The predicted octanol–water partition coefficient (Wildman–Crippen LogP) is 2.26. The minimum Gasteiger partial charge on any atom is -0.350 e. The first-order valence-electron chi connectivity index (χ1n) is 6.36. The number of sulfonamides is 1. The molecule has 2 heterocycles. The Bertz CT molecular complexity index is 540. The zero-order chi connectivity index (χ0) is 15.0. The van der Waals surface area contributed by atoms with E-state index in [1.807, 2.05) is 23.6 Å². The lowest BCUT2D eigenvalue weighted by molar-refractivity contribution is -0.107. The smallest absolute Gasteiger partial charge is 0.350 e. The van der Waals surface area contributed by atoms with E-state index < -0.39 is 22.0 Å². The summed E-state index contributed by atoms with van der Waals surface area (Å²) < 4.78 is 63.5. The molecule has 0 aromatic carbocycles. The van der Waals surface area contributed by atoms with Gasteiger partial charge in [-0.05, 0) is 24.5 Å². The van der Waals surface area contributed by atoms with E-state index in [2.05, 4.69) is 0 Å². The van der Waals surface area contributed by atoms with Gasteiger partial charge in [0.25, 0.3) is 0 Å². The molecular formula is C12H17F3N2O2S. The molecule has 0 spiro atoms. The average molecular weight is 310 g/mol. The zero-order valence-corrected chi connectivity index (χ0v) is 11.9. The van der Waals surface area contributed by atoms with Gasteiger partial charge in [-0.25, -0.2) is 8.42 Å². The largest absolute Gasteiger partial charge is 0.404 e. The van der Waals surface area contributed by atoms with Crippen molar-refractivity contribution >= 4 is 10.0 Å². The van der Waals surface area contributed by atoms with E-state index in [9.17, 15) is 21.6 Å². The van der Waals surface area contributed by atoms with E-state index in [0.29, 0.717) is 6.42 Å². The Balaban J connectivity index is 2.15. The third kappa shape index (κ3) is 3.54. The van der Waals surface area contributed by atoms with Crippen molar-refractivity contribution < 1.29 is 21.6 Å². The Morgan fingerprint density at radius 3 is 2.40 bits per heavy atom. The topological polar surface area (TPSA) is 42.3 Å². The van der Waals surface area contributed by atoms with Crippen LogP contribution in [0, 0.1) is 5.92 Å². The summed E-state index contributed by atoms with van der Waals surface area (Å²) in [4.78, 5) is 0. The summed E-state index contributed by atoms with van der Waals surface area (Å²) in [6.45, 7) is 2.23. The van der Waals surface area contributed by atoms with Gasteiger partial charge in [-0.2, -0.15) is 17.5 Å². The molecule has 0 N–H and O–H groups in total. The van der Waals surface area contributed by atoms with Gasteiger partial charge in [-0.15, -0.1) is 0 Å². The maximum absolute atomic E-state index is 12.3. The van der Waals surface area contributed by atoms with Crippen LogP contribution in [0.2, 0.25) is 0 Å². The first-order valence-corrected chi connectivity index (χ1v) is 7.97. The van der Waals surface area contributed by atoms with E-state index in [1.165, 1.54) is 0 Å². The lowest BCUT2D eigenvalue weighted by atomic mass is 9.95. The van der Waals surface area contributed by atoms with Crippen LogP contribution in [0.25, 0.3) is 0 Å². The molecule has 20 heavy (non-hydrogen) atoms. The van der Waals surface area contributed by atoms with Crippen LogP contribution in [-0.4, -0.2) is 42.3 Å². The van der Waals surface area contributed by atoms with Crippen molar-refractivity contribution in [2.24, 2.45) is 5.92 Å². The summed E-state index contributed by atoms with van der Waals surface area (Å²) in [5.41, 5.74) is 0. The summed E-state index contributed by atoms with van der Waals surface area (Å²) in [5, 5.41) is 0. The van der Waals surface area contributed by atoms with E-state index in [0.717, 1.165) is 4.31 Å². The Kier molecular flexibility index (Phi) is 4.15. The molecule has 0 bridgehead atoms. The average Bonchev–Trinajstić information content (AvgIpc) is 2.79. The number of rotatable bonds is 3. The van der Waals surface area contributed by atoms with Crippen LogP contribution < -0.4 is 0 Å². The fraction of sp³-hybridized carbons (Fsp3) is 0.667. The molecule has 1 aromatic heterocycles.